The Morgan fingerprint density at radius 2 is 2.09 bits per heavy atom. The SMILES string of the molecule is COc1cccc(C2Oc3ccc(Cl)cc3C=C2[N+](=O)[O-])c1. The Morgan fingerprint density at radius 1 is 1.27 bits per heavy atom. The summed E-state index contributed by atoms with van der Waals surface area (Å²) in [6.45, 7) is 0. The van der Waals surface area contributed by atoms with Crippen LogP contribution in [0.25, 0.3) is 6.08 Å². The summed E-state index contributed by atoms with van der Waals surface area (Å²) in [5.41, 5.74) is 1.21. The molecule has 1 atom stereocenters. The van der Waals surface area contributed by atoms with Crippen LogP contribution in [0.4, 0.5) is 0 Å². The minimum atomic E-state index is -0.793. The van der Waals surface area contributed by atoms with E-state index < -0.39 is 11.0 Å². The molecule has 6 heteroatoms. The molecule has 0 N–H and O–H groups in total. The quantitative estimate of drug-likeness (QED) is 0.631. The van der Waals surface area contributed by atoms with E-state index in [-0.39, 0.29) is 5.70 Å². The van der Waals surface area contributed by atoms with Crippen LogP contribution in [0.15, 0.2) is 48.2 Å². The minimum absolute atomic E-state index is 0.0389. The number of fused-ring (bicyclic) bond motifs is 1. The van der Waals surface area contributed by atoms with Gasteiger partial charge in [0.1, 0.15) is 11.5 Å². The molecule has 0 bridgehead atoms. The molecule has 112 valence electrons. The van der Waals surface area contributed by atoms with Gasteiger partial charge in [0.15, 0.2) is 0 Å². The van der Waals surface area contributed by atoms with Crippen molar-refractivity contribution in [3.8, 4) is 11.5 Å². The van der Waals surface area contributed by atoms with E-state index in [0.717, 1.165) is 0 Å². The number of methoxy groups -OCH3 is 1. The Hall–Kier alpha value is -2.53. The fourth-order valence-electron chi connectivity index (χ4n) is 2.35. The molecule has 2 aromatic rings. The van der Waals surface area contributed by atoms with Crippen LogP contribution in [0.2, 0.25) is 5.02 Å². The van der Waals surface area contributed by atoms with Crippen molar-refractivity contribution in [3.05, 3.63) is 74.4 Å². The Balaban J connectivity index is 2.08. The second-order valence-electron chi connectivity index (χ2n) is 4.78. The van der Waals surface area contributed by atoms with Gasteiger partial charge in [-0.3, -0.25) is 10.1 Å². The molecule has 0 saturated heterocycles. The van der Waals surface area contributed by atoms with Crippen LogP contribution in [0, 0.1) is 10.1 Å². The molecule has 0 aliphatic carbocycles. The summed E-state index contributed by atoms with van der Waals surface area (Å²) in [6.07, 6.45) is 0.702. The number of hydrogen-bond donors (Lipinski definition) is 0. The topological polar surface area (TPSA) is 61.6 Å². The average Bonchev–Trinajstić information content (AvgIpc) is 2.53. The first-order valence-corrected chi connectivity index (χ1v) is 6.92. The van der Waals surface area contributed by atoms with E-state index in [1.165, 1.54) is 6.08 Å². The molecule has 0 amide bonds. The summed E-state index contributed by atoms with van der Waals surface area (Å²) in [4.78, 5) is 10.9. The third kappa shape index (κ3) is 2.63. The van der Waals surface area contributed by atoms with Gasteiger partial charge < -0.3 is 9.47 Å². The summed E-state index contributed by atoms with van der Waals surface area (Å²) >= 11 is 5.93. The van der Waals surface area contributed by atoms with E-state index in [4.69, 9.17) is 21.1 Å². The van der Waals surface area contributed by atoms with E-state index >= 15 is 0 Å². The highest BCUT2D eigenvalue weighted by molar-refractivity contribution is 6.30. The van der Waals surface area contributed by atoms with E-state index in [1.807, 2.05) is 0 Å². The highest BCUT2D eigenvalue weighted by Crippen LogP contribution is 2.39. The van der Waals surface area contributed by atoms with E-state index in [9.17, 15) is 10.1 Å². The highest BCUT2D eigenvalue weighted by atomic mass is 35.5. The van der Waals surface area contributed by atoms with Gasteiger partial charge in [0.2, 0.25) is 6.10 Å². The van der Waals surface area contributed by atoms with Crippen molar-refractivity contribution in [2.75, 3.05) is 7.11 Å². The number of ether oxygens (including phenoxy) is 2. The van der Waals surface area contributed by atoms with Crippen molar-refractivity contribution in [3.63, 3.8) is 0 Å². The zero-order valence-corrected chi connectivity index (χ0v) is 12.4. The predicted molar refractivity (Wildman–Crippen MR) is 82.8 cm³/mol. The Morgan fingerprint density at radius 3 is 2.82 bits per heavy atom. The summed E-state index contributed by atoms with van der Waals surface area (Å²) in [7, 11) is 1.54. The number of nitrogens with zero attached hydrogens (tertiary/aromatic N) is 1. The van der Waals surface area contributed by atoms with Crippen molar-refractivity contribution in [2.45, 2.75) is 6.10 Å². The Bertz CT molecular complexity index is 772. The van der Waals surface area contributed by atoms with Crippen LogP contribution in [0.1, 0.15) is 17.2 Å². The van der Waals surface area contributed by atoms with Crippen LogP contribution < -0.4 is 9.47 Å². The van der Waals surface area contributed by atoms with Crippen molar-refractivity contribution in [1.29, 1.82) is 0 Å². The molecule has 22 heavy (non-hydrogen) atoms. The number of rotatable bonds is 3. The zero-order valence-electron chi connectivity index (χ0n) is 11.7. The maximum absolute atomic E-state index is 11.4. The lowest BCUT2D eigenvalue weighted by molar-refractivity contribution is -0.434. The third-order valence-corrected chi connectivity index (χ3v) is 3.63. The first-order valence-electron chi connectivity index (χ1n) is 6.54. The first-order chi connectivity index (χ1) is 10.6. The molecule has 3 rings (SSSR count). The van der Waals surface area contributed by atoms with Gasteiger partial charge >= 0.3 is 0 Å². The molecule has 0 spiro atoms. The zero-order chi connectivity index (χ0) is 15.7. The molecular weight excluding hydrogens is 306 g/mol. The average molecular weight is 318 g/mol. The largest absolute Gasteiger partial charge is 0.497 e. The molecule has 1 unspecified atom stereocenters. The fraction of sp³-hybridized carbons (Fsp3) is 0.125. The Labute approximate surface area is 131 Å². The first kappa shape index (κ1) is 14.4. The lowest BCUT2D eigenvalue weighted by Crippen LogP contribution is -2.19. The molecule has 0 saturated carbocycles. The molecule has 1 aliphatic rings. The minimum Gasteiger partial charge on any atom is -0.497 e. The maximum atomic E-state index is 11.4. The smallest absolute Gasteiger partial charge is 0.291 e. The van der Waals surface area contributed by atoms with Crippen molar-refractivity contribution in [1.82, 2.24) is 0 Å². The van der Waals surface area contributed by atoms with Gasteiger partial charge in [-0.2, -0.15) is 0 Å². The predicted octanol–water partition coefficient (Wildman–Crippen LogP) is 4.10. The van der Waals surface area contributed by atoms with E-state index in [0.29, 0.717) is 27.6 Å². The molecule has 2 aromatic carbocycles. The molecule has 1 heterocycles. The number of benzene rings is 2. The molecular formula is C16H12ClNO4. The molecule has 0 radical (unpaired) electrons. The van der Waals surface area contributed by atoms with Crippen LogP contribution in [-0.2, 0) is 0 Å². The van der Waals surface area contributed by atoms with Crippen LogP contribution in [0.5, 0.6) is 11.5 Å². The van der Waals surface area contributed by atoms with Crippen molar-refractivity contribution in [2.24, 2.45) is 0 Å². The maximum Gasteiger partial charge on any atom is 0.291 e. The second kappa shape index (κ2) is 5.69. The molecule has 0 fully saturated rings. The van der Waals surface area contributed by atoms with Gasteiger partial charge in [0.05, 0.1) is 12.0 Å². The second-order valence-corrected chi connectivity index (χ2v) is 5.22. The summed E-state index contributed by atoms with van der Waals surface area (Å²) < 4.78 is 11.0. The fourth-order valence-corrected chi connectivity index (χ4v) is 2.53. The van der Waals surface area contributed by atoms with Gasteiger partial charge in [-0.25, -0.2) is 0 Å². The Kier molecular flexibility index (Phi) is 3.73. The highest BCUT2D eigenvalue weighted by Gasteiger charge is 2.33. The number of nitro groups is 1. The van der Waals surface area contributed by atoms with Gasteiger partial charge in [0, 0.05) is 22.2 Å². The summed E-state index contributed by atoms with van der Waals surface area (Å²) in [5.74, 6) is 1.17. The van der Waals surface area contributed by atoms with Crippen LogP contribution in [0.3, 0.4) is 0 Å². The van der Waals surface area contributed by atoms with Gasteiger partial charge in [-0.15, -0.1) is 0 Å². The third-order valence-electron chi connectivity index (χ3n) is 3.40. The molecule has 1 aliphatic heterocycles. The van der Waals surface area contributed by atoms with Gasteiger partial charge in [-0.05, 0) is 30.3 Å². The molecule has 0 aromatic heterocycles. The number of hydrogen-bond acceptors (Lipinski definition) is 4. The lowest BCUT2D eigenvalue weighted by Gasteiger charge is -2.23. The van der Waals surface area contributed by atoms with Crippen molar-refractivity contribution >= 4 is 17.7 Å². The molecule has 5 nitrogen and oxygen atoms in total. The summed E-state index contributed by atoms with van der Waals surface area (Å²) in [6, 6.07) is 12.1. The van der Waals surface area contributed by atoms with Gasteiger partial charge in [0.25, 0.3) is 5.70 Å². The van der Waals surface area contributed by atoms with Crippen molar-refractivity contribution < 1.29 is 14.4 Å². The normalized spacial score (nSPS) is 16.3. The van der Waals surface area contributed by atoms with E-state index in [2.05, 4.69) is 0 Å². The number of halogens is 1. The monoisotopic (exact) mass is 317 g/mol. The summed E-state index contributed by atoms with van der Waals surface area (Å²) in [5, 5.41) is 11.9. The van der Waals surface area contributed by atoms with Crippen LogP contribution >= 0.6 is 11.6 Å². The van der Waals surface area contributed by atoms with E-state index in [1.54, 1.807) is 49.6 Å². The van der Waals surface area contributed by atoms with Gasteiger partial charge in [-0.1, -0.05) is 23.7 Å². The standard InChI is InChI=1S/C16H12ClNO4/c1-21-13-4-2-3-10(8-13)16-14(18(19)20)9-11-7-12(17)5-6-15(11)22-16/h2-9,16H,1H3. The lowest BCUT2D eigenvalue weighted by atomic mass is 10.0. The van der Waals surface area contributed by atoms with Crippen LogP contribution in [-0.4, -0.2) is 12.0 Å².